The standard InChI is InChI=1S/C10H12N2.C6H14/c1-8(5-11)3-10-4-9(2)6-12-7-10;1-4-5-6(2)3/h4-7,11H,1,3H2,2H3;6H,4-5H2,1-3H3. The van der Waals surface area contributed by atoms with Crippen LogP contribution >= 0.6 is 0 Å². The summed E-state index contributed by atoms with van der Waals surface area (Å²) in [5.41, 5.74) is 3.07. The number of pyridine rings is 1. The van der Waals surface area contributed by atoms with Gasteiger partial charge < -0.3 is 5.41 Å². The van der Waals surface area contributed by atoms with Gasteiger partial charge in [-0.2, -0.15) is 0 Å². The van der Waals surface area contributed by atoms with Crippen LogP contribution in [0.15, 0.2) is 30.6 Å². The van der Waals surface area contributed by atoms with Gasteiger partial charge in [-0.25, -0.2) is 0 Å². The van der Waals surface area contributed by atoms with E-state index in [1.807, 2.05) is 19.3 Å². The Labute approximate surface area is 112 Å². The van der Waals surface area contributed by atoms with Crippen LogP contribution in [0.25, 0.3) is 0 Å². The number of aryl methyl sites for hydroxylation is 1. The zero-order valence-electron chi connectivity index (χ0n) is 12.2. The maximum atomic E-state index is 6.97. The zero-order chi connectivity index (χ0) is 14.0. The van der Waals surface area contributed by atoms with Crippen LogP contribution in [0, 0.1) is 18.3 Å². The Hall–Kier alpha value is -1.44. The number of rotatable bonds is 5. The van der Waals surface area contributed by atoms with E-state index in [2.05, 4.69) is 38.4 Å². The molecule has 0 aromatic carbocycles. The third-order valence-corrected chi connectivity index (χ3v) is 2.43. The van der Waals surface area contributed by atoms with Crippen molar-refractivity contribution >= 4 is 6.21 Å². The van der Waals surface area contributed by atoms with Crippen LogP contribution in [0.3, 0.4) is 0 Å². The molecule has 2 heteroatoms. The van der Waals surface area contributed by atoms with Gasteiger partial charge in [-0.3, -0.25) is 4.98 Å². The molecule has 0 saturated carbocycles. The smallest absolute Gasteiger partial charge is 0.0303 e. The molecule has 1 aromatic rings. The molecule has 0 radical (unpaired) electrons. The summed E-state index contributed by atoms with van der Waals surface area (Å²) in [7, 11) is 0. The van der Waals surface area contributed by atoms with Crippen LogP contribution in [0.4, 0.5) is 0 Å². The minimum atomic E-state index is 0.720. The molecule has 0 aliphatic heterocycles. The third kappa shape index (κ3) is 8.68. The Kier molecular flexibility index (Phi) is 8.81. The highest BCUT2D eigenvalue weighted by Crippen LogP contribution is 2.05. The minimum Gasteiger partial charge on any atom is -0.308 e. The van der Waals surface area contributed by atoms with Crippen molar-refractivity contribution in [3.05, 3.63) is 41.7 Å². The van der Waals surface area contributed by atoms with Crippen molar-refractivity contribution in [1.29, 1.82) is 5.41 Å². The molecule has 0 aliphatic rings. The Bertz CT molecular complexity index is 367. The van der Waals surface area contributed by atoms with Crippen molar-refractivity contribution in [2.45, 2.75) is 47.0 Å². The molecule has 1 rings (SSSR count). The summed E-state index contributed by atoms with van der Waals surface area (Å²) in [4.78, 5) is 4.06. The molecule has 1 heterocycles. The minimum absolute atomic E-state index is 0.720. The SMILES string of the molecule is C=C(C=N)Cc1cncc(C)c1.CCCC(C)C. The second kappa shape index (κ2) is 9.58. The number of allylic oxidation sites excluding steroid dienone is 1. The molecule has 0 atom stereocenters. The molecular formula is C16H26N2. The van der Waals surface area contributed by atoms with Gasteiger partial charge in [-0.15, -0.1) is 0 Å². The van der Waals surface area contributed by atoms with Crippen LogP contribution in [-0.2, 0) is 6.42 Å². The summed E-state index contributed by atoms with van der Waals surface area (Å²) in [6.07, 6.45) is 8.33. The van der Waals surface area contributed by atoms with Gasteiger partial charge in [-0.1, -0.05) is 46.3 Å². The largest absolute Gasteiger partial charge is 0.308 e. The highest BCUT2D eigenvalue weighted by atomic mass is 14.6. The van der Waals surface area contributed by atoms with E-state index in [1.165, 1.54) is 19.1 Å². The van der Waals surface area contributed by atoms with Gasteiger partial charge in [0.25, 0.3) is 0 Å². The Morgan fingerprint density at radius 2 is 2.11 bits per heavy atom. The molecule has 18 heavy (non-hydrogen) atoms. The third-order valence-electron chi connectivity index (χ3n) is 2.43. The van der Waals surface area contributed by atoms with Crippen molar-refractivity contribution in [2.24, 2.45) is 5.92 Å². The average Bonchev–Trinajstić information content (AvgIpc) is 2.29. The van der Waals surface area contributed by atoms with Gasteiger partial charge in [0.05, 0.1) is 0 Å². The predicted molar refractivity (Wildman–Crippen MR) is 80.3 cm³/mol. The van der Waals surface area contributed by atoms with Gasteiger partial charge in [0, 0.05) is 18.6 Å². The maximum absolute atomic E-state index is 6.97. The number of nitrogens with one attached hydrogen (secondary N) is 1. The van der Waals surface area contributed by atoms with Gasteiger partial charge >= 0.3 is 0 Å². The molecule has 0 fully saturated rings. The van der Waals surface area contributed by atoms with Gasteiger partial charge in [-0.05, 0) is 36.0 Å². The first-order chi connectivity index (χ1) is 8.49. The lowest BCUT2D eigenvalue weighted by atomic mass is 10.1. The lowest BCUT2D eigenvalue weighted by Crippen LogP contribution is -1.91. The maximum Gasteiger partial charge on any atom is 0.0303 e. The summed E-state index contributed by atoms with van der Waals surface area (Å²) in [5, 5.41) is 6.97. The lowest BCUT2D eigenvalue weighted by Gasteiger charge is -1.99. The second-order valence-electron chi connectivity index (χ2n) is 5.03. The Balaban J connectivity index is 0.000000411. The van der Waals surface area contributed by atoms with Gasteiger partial charge in [0.1, 0.15) is 0 Å². The van der Waals surface area contributed by atoms with Crippen molar-refractivity contribution in [1.82, 2.24) is 4.98 Å². The highest BCUT2D eigenvalue weighted by molar-refractivity contribution is 5.75. The molecule has 100 valence electrons. The van der Waals surface area contributed by atoms with Crippen LogP contribution in [-0.4, -0.2) is 11.2 Å². The number of hydrogen-bond acceptors (Lipinski definition) is 2. The van der Waals surface area contributed by atoms with E-state index < -0.39 is 0 Å². The van der Waals surface area contributed by atoms with Gasteiger partial charge in [0.15, 0.2) is 0 Å². The molecule has 0 saturated heterocycles. The fourth-order valence-electron chi connectivity index (χ4n) is 1.60. The van der Waals surface area contributed by atoms with E-state index in [4.69, 9.17) is 5.41 Å². The van der Waals surface area contributed by atoms with Crippen LogP contribution in [0.1, 0.15) is 44.7 Å². The summed E-state index contributed by atoms with van der Waals surface area (Å²) in [5.74, 6) is 0.898. The monoisotopic (exact) mass is 246 g/mol. The molecule has 1 aromatic heterocycles. The topological polar surface area (TPSA) is 36.7 Å². The van der Waals surface area contributed by atoms with Crippen molar-refractivity contribution in [3.63, 3.8) is 0 Å². The number of hydrogen-bond donors (Lipinski definition) is 1. The van der Waals surface area contributed by atoms with Crippen molar-refractivity contribution < 1.29 is 0 Å². The van der Waals surface area contributed by atoms with E-state index in [0.717, 1.165) is 29.0 Å². The summed E-state index contributed by atoms with van der Waals surface area (Å²) >= 11 is 0. The molecule has 2 nitrogen and oxygen atoms in total. The quantitative estimate of drug-likeness (QED) is 0.758. The predicted octanol–water partition coefficient (Wildman–Crippen LogP) is 4.58. The first kappa shape index (κ1) is 16.6. The van der Waals surface area contributed by atoms with Crippen LogP contribution in [0.5, 0.6) is 0 Å². The molecule has 0 spiro atoms. The molecule has 0 aliphatic carbocycles. The van der Waals surface area contributed by atoms with E-state index in [-0.39, 0.29) is 0 Å². The Morgan fingerprint density at radius 1 is 1.44 bits per heavy atom. The molecule has 0 amide bonds. The second-order valence-corrected chi connectivity index (χ2v) is 5.03. The van der Waals surface area contributed by atoms with E-state index in [9.17, 15) is 0 Å². The zero-order valence-corrected chi connectivity index (χ0v) is 12.2. The lowest BCUT2D eigenvalue weighted by molar-refractivity contribution is 0.576. The Morgan fingerprint density at radius 3 is 2.50 bits per heavy atom. The molecule has 1 N–H and O–H groups in total. The molecule has 0 bridgehead atoms. The molecule has 0 unspecified atom stereocenters. The summed E-state index contributed by atoms with van der Waals surface area (Å²) < 4.78 is 0. The first-order valence-corrected chi connectivity index (χ1v) is 6.58. The summed E-state index contributed by atoms with van der Waals surface area (Å²) in [6.45, 7) is 12.5. The van der Waals surface area contributed by atoms with Crippen LogP contribution < -0.4 is 0 Å². The normalized spacial score (nSPS) is 9.61. The van der Waals surface area contributed by atoms with Crippen molar-refractivity contribution in [2.75, 3.05) is 0 Å². The van der Waals surface area contributed by atoms with Crippen LogP contribution in [0.2, 0.25) is 0 Å². The van der Waals surface area contributed by atoms with E-state index in [0.29, 0.717) is 0 Å². The molecular weight excluding hydrogens is 220 g/mol. The fraction of sp³-hybridized carbons (Fsp3) is 0.500. The number of aromatic nitrogens is 1. The van der Waals surface area contributed by atoms with Gasteiger partial charge in [0.2, 0.25) is 0 Å². The number of nitrogens with zero attached hydrogens (tertiary/aromatic N) is 1. The van der Waals surface area contributed by atoms with E-state index >= 15 is 0 Å². The van der Waals surface area contributed by atoms with Crippen molar-refractivity contribution in [3.8, 4) is 0 Å². The highest BCUT2D eigenvalue weighted by Gasteiger charge is 1.94. The average molecular weight is 246 g/mol. The summed E-state index contributed by atoms with van der Waals surface area (Å²) in [6, 6.07) is 2.06. The van der Waals surface area contributed by atoms with E-state index in [1.54, 1.807) is 0 Å². The first-order valence-electron chi connectivity index (χ1n) is 6.58. The fourth-order valence-corrected chi connectivity index (χ4v) is 1.60.